The molecule has 0 aromatic heterocycles. The van der Waals surface area contributed by atoms with Crippen LogP contribution in [0.1, 0.15) is 26.2 Å². The molecule has 1 fully saturated rings. The van der Waals surface area contributed by atoms with Crippen molar-refractivity contribution in [3.8, 4) is 0 Å². The Labute approximate surface area is 91.8 Å². The predicted octanol–water partition coefficient (Wildman–Crippen LogP) is 0.609. The van der Waals surface area contributed by atoms with Gasteiger partial charge in [0.05, 0.1) is 6.61 Å². The molecule has 2 unspecified atom stereocenters. The number of carbonyl (C=O) groups excluding carboxylic acids is 1. The summed E-state index contributed by atoms with van der Waals surface area (Å²) < 4.78 is 5.13. The summed E-state index contributed by atoms with van der Waals surface area (Å²) in [5, 5.41) is 0. The van der Waals surface area contributed by atoms with E-state index in [2.05, 4.69) is 0 Å². The van der Waals surface area contributed by atoms with Gasteiger partial charge in [0.15, 0.2) is 0 Å². The molecule has 0 radical (unpaired) electrons. The third kappa shape index (κ3) is 4.18. The molecule has 15 heavy (non-hydrogen) atoms. The van der Waals surface area contributed by atoms with Crippen molar-refractivity contribution in [1.82, 2.24) is 4.90 Å². The highest BCUT2D eigenvalue weighted by molar-refractivity contribution is 5.76. The maximum absolute atomic E-state index is 11.8. The lowest BCUT2D eigenvalue weighted by molar-refractivity contribution is -0.133. The van der Waals surface area contributed by atoms with E-state index in [1.807, 2.05) is 11.8 Å². The van der Waals surface area contributed by atoms with E-state index in [0.29, 0.717) is 12.3 Å². The smallest absolute Gasteiger partial charge is 0.224 e. The van der Waals surface area contributed by atoms with Crippen molar-refractivity contribution in [1.29, 1.82) is 0 Å². The van der Waals surface area contributed by atoms with Crippen LogP contribution < -0.4 is 5.73 Å². The normalized spacial score (nSPS) is 23.9. The summed E-state index contributed by atoms with van der Waals surface area (Å²) in [6, 6.07) is -0.0414. The summed E-state index contributed by atoms with van der Waals surface area (Å²) in [4.78, 5) is 13.7. The Hall–Kier alpha value is -0.610. The van der Waals surface area contributed by atoms with Gasteiger partial charge in [-0.15, -0.1) is 0 Å². The molecule has 1 saturated heterocycles. The van der Waals surface area contributed by atoms with Gasteiger partial charge in [-0.25, -0.2) is 0 Å². The van der Waals surface area contributed by atoms with E-state index in [9.17, 15) is 4.79 Å². The second-order valence-electron chi connectivity index (χ2n) is 4.48. The van der Waals surface area contributed by atoms with Gasteiger partial charge in [0.2, 0.25) is 5.91 Å². The van der Waals surface area contributed by atoms with Crippen LogP contribution in [0, 0.1) is 5.92 Å². The largest absolute Gasteiger partial charge is 0.384 e. The van der Waals surface area contributed by atoms with Crippen molar-refractivity contribution in [3.63, 3.8) is 0 Å². The summed E-state index contributed by atoms with van der Waals surface area (Å²) >= 11 is 0. The number of carbonyl (C=O) groups is 1. The highest BCUT2D eigenvalue weighted by Crippen LogP contribution is 2.17. The molecule has 88 valence electrons. The zero-order valence-corrected chi connectivity index (χ0v) is 9.74. The summed E-state index contributed by atoms with van der Waals surface area (Å²) in [5.41, 5.74) is 5.62. The number of piperidine rings is 1. The van der Waals surface area contributed by atoms with E-state index in [0.717, 1.165) is 32.5 Å². The van der Waals surface area contributed by atoms with E-state index in [-0.39, 0.29) is 11.9 Å². The highest BCUT2D eigenvalue weighted by Gasteiger charge is 2.23. The van der Waals surface area contributed by atoms with Crippen LogP contribution in [0.15, 0.2) is 0 Å². The molecule has 0 bridgehead atoms. The van der Waals surface area contributed by atoms with E-state index >= 15 is 0 Å². The Morgan fingerprint density at radius 1 is 1.67 bits per heavy atom. The van der Waals surface area contributed by atoms with Gasteiger partial charge in [-0.3, -0.25) is 4.79 Å². The molecule has 1 aliphatic rings. The first-order valence-corrected chi connectivity index (χ1v) is 5.65. The fourth-order valence-corrected chi connectivity index (χ4v) is 2.07. The van der Waals surface area contributed by atoms with Gasteiger partial charge in [-0.2, -0.15) is 0 Å². The molecule has 4 heteroatoms. The van der Waals surface area contributed by atoms with Crippen LogP contribution in [-0.4, -0.2) is 43.7 Å². The van der Waals surface area contributed by atoms with Crippen molar-refractivity contribution in [3.05, 3.63) is 0 Å². The van der Waals surface area contributed by atoms with E-state index in [4.69, 9.17) is 10.5 Å². The van der Waals surface area contributed by atoms with Crippen molar-refractivity contribution < 1.29 is 9.53 Å². The van der Waals surface area contributed by atoms with Crippen LogP contribution >= 0.6 is 0 Å². The lowest BCUT2D eigenvalue weighted by Gasteiger charge is -2.32. The Morgan fingerprint density at radius 2 is 2.40 bits per heavy atom. The first-order chi connectivity index (χ1) is 7.13. The maximum Gasteiger partial charge on any atom is 0.224 e. The summed E-state index contributed by atoms with van der Waals surface area (Å²) in [6.07, 6.45) is 2.70. The van der Waals surface area contributed by atoms with Gasteiger partial charge < -0.3 is 15.4 Å². The number of amides is 1. The fourth-order valence-electron chi connectivity index (χ4n) is 2.07. The molecule has 0 saturated carbocycles. The summed E-state index contributed by atoms with van der Waals surface area (Å²) in [6.45, 7) is 4.33. The number of hydrogen-bond acceptors (Lipinski definition) is 3. The molecule has 0 aliphatic carbocycles. The Bertz CT molecular complexity index is 205. The van der Waals surface area contributed by atoms with E-state index in [1.54, 1.807) is 7.11 Å². The number of methoxy groups -OCH3 is 1. The topological polar surface area (TPSA) is 55.6 Å². The molecule has 2 N–H and O–H groups in total. The number of nitrogens with zero attached hydrogens (tertiary/aromatic N) is 1. The van der Waals surface area contributed by atoms with E-state index in [1.165, 1.54) is 0 Å². The van der Waals surface area contributed by atoms with Crippen LogP contribution in [-0.2, 0) is 9.53 Å². The molecule has 1 heterocycles. The lowest BCUT2D eigenvalue weighted by Crippen LogP contribution is -2.42. The average molecular weight is 214 g/mol. The molecule has 0 aromatic carbocycles. The van der Waals surface area contributed by atoms with Crippen LogP contribution in [0.2, 0.25) is 0 Å². The molecule has 4 nitrogen and oxygen atoms in total. The lowest BCUT2D eigenvalue weighted by atomic mass is 9.98. The zero-order valence-electron chi connectivity index (χ0n) is 9.74. The first kappa shape index (κ1) is 12.5. The average Bonchev–Trinajstić information content (AvgIpc) is 2.17. The highest BCUT2D eigenvalue weighted by atomic mass is 16.5. The summed E-state index contributed by atoms with van der Waals surface area (Å²) in [7, 11) is 1.71. The molecular weight excluding hydrogens is 192 g/mol. The van der Waals surface area contributed by atoms with Gasteiger partial charge in [0, 0.05) is 32.7 Å². The van der Waals surface area contributed by atoms with Crippen molar-refractivity contribution in [2.45, 2.75) is 32.2 Å². The van der Waals surface area contributed by atoms with Crippen molar-refractivity contribution in [2.75, 3.05) is 26.8 Å². The minimum atomic E-state index is -0.0414. The van der Waals surface area contributed by atoms with Gasteiger partial charge in [0.1, 0.15) is 0 Å². The molecule has 2 atom stereocenters. The minimum absolute atomic E-state index is 0.0414. The number of nitrogens with two attached hydrogens (primary N) is 1. The molecule has 1 amide bonds. The van der Waals surface area contributed by atoms with Crippen LogP contribution in [0.5, 0.6) is 0 Å². The second-order valence-corrected chi connectivity index (χ2v) is 4.48. The maximum atomic E-state index is 11.8. The first-order valence-electron chi connectivity index (χ1n) is 5.65. The van der Waals surface area contributed by atoms with Gasteiger partial charge in [-0.1, -0.05) is 0 Å². The Kier molecular flexibility index (Phi) is 5.05. The van der Waals surface area contributed by atoms with Crippen molar-refractivity contribution in [2.24, 2.45) is 11.7 Å². The third-order valence-electron chi connectivity index (χ3n) is 2.77. The predicted molar refractivity (Wildman–Crippen MR) is 59.4 cm³/mol. The minimum Gasteiger partial charge on any atom is -0.384 e. The molecular formula is C11H22N2O2. The van der Waals surface area contributed by atoms with Crippen LogP contribution in [0.4, 0.5) is 0 Å². The second kappa shape index (κ2) is 6.08. The van der Waals surface area contributed by atoms with Gasteiger partial charge in [0.25, 0.3) is 0 Å². The summed E-state index contributed by atoms with van der Waals surface area (Å²) in [5.74, 6) is 0.687. The fraction of sp³-hybridized carbons (Fsp3) is 0.909. The van der Waals surface area contributed by atoms with Crippen LogP contribution in [0.25, 0.3) is 0 Å². The van der Waals surface area contributed by atoms with Gasteiger partial charge >= 0.3 is 0 Å². The number of hydrogen-bond donors (Lipinski definition) is 1. The zero-order chi connectivity index (χ0) is 11.3. The quantitative estimate of drug-likeness (QED) is 0.746. The Morgan fingerprint density at radius 3 is 3.00 bits per heavy atom. The molecule has 0 spiro atoms. The van der Waals surface area contributed by atoms with Crippen LogP contribution in [0.3, 0.4) is 0 Å². The van der Waals surface area contributed by atoms with Crippen molar-refractivity contribution >= 4 is 5.91 Å². The molecule has 1 rings (SSSR count). The number of likely N-dealkylation sites (tertiary alicyclic amines) is 1. The molecule has 0 aromatic rings. The van der Waals surface area contributed by atoms with Gasteiger partial charge in [-0.05, 0) is 25.7 Å². The van der Waals surface area contributed by atoms with E-state index < -0.39 is 0 Å². The standard InChI is InChI=1S/C11H22N2O2/c1-9(12)6-11(14)13-5-3-4-10(7-13)8-15-2/h9-10H,3-8,12H2,1-2H3. The monoisotopic (exact) mass is 214 g/mol. The third-order valence-corrected chi connectivity index (χ3v) is 2.77. The number of rotatable bonds is 4. The molecule has 1 aliphatic heterocycles. The Balaban J connectivity index is 2.38. The number of ether oxygens (including phenoxy) is 1. The SMILES string of the molecule is COCC1CCCN(C(=O)CC(C)N)C1.